The summed E-state index contributed by atoms with van der Waals surface area (Å²) in [7, 11) is 0. The van der Waals surface area contributed by atoms with Gasteiger partial charge in [0.15, 0.2) is 6.61 Å². The molecule has 0 aliphatic carbocycles. The van der Waals surface area contributed by atoms with Crippen LogP contribution in [0.5, 0.6) is 5.75 Å². The van der Waals surface area contributed by atoms with Crippen LogP contribution in [0.15, 0.2) is 42.5 Å². The van der Waals surface area contributed by atoms with E-state index in [0.717, 1.165) is 23.1 Å². The molecule has 0 bridgehead atoms. The molecule has 30 heavy (non-hydrogen) atoms. The molecule has 7 heteroatoms. The third kappa shape index (κ3) is 5.67. The van der Waals surface area contributed by atoms with E-state index in [1.165, 1.54) is 0 Å². The van der Waals surface area contributed by atoms with Crippen molar-refractivity contribution in [1.82, 2.24) is 9.80 Å². The van der Waals surface area contributed by atoms with Crippen LogP contribution in [0.25, 0.3) is 0 Å². The Morgan fingerprint density at radius 1 is 1.00 bits per heavy atom. The molecule has 2 amide bonds. The molecule has 0 atom stereocenters. The van der Waals surface area contributed by atoms with Gasteiger partial charge < -0.3 is 15.0 Å². The first-order chi connectivity index (χ1) is 14.5. The second kappa shape index (κ2) is 10.0. The van der Waals surface area contributed by atoms with Crippen LogP contribution in [-0.4, -0.2) is 67.2 Å². The third-order valence-electron chi connectivity index (χ3n) is 5.22. The van der Waals surface area contributed by atoms with Crippen molar-refractivity contribution >= 4 is 23.8 Å². The molecule has 158 valence electrons. The number of amides is 2. The molecule has 2 aromatic carbocycles. The number of ether oxygens (including phenoxy) is 1. The lowest BCUT2D eigenvalue weighted by atomic mass is 10.1. The van der Waals surface area contributed by atoms with Crippen molar-refractivity contribution < 1.29 is 19.1 Å². The molecule has 1 aliphatic heterocycles. The molecule has 1 heterocycles. The van der Waals surface area contributed by atoms with E-state index in [1.807, 2.05) is 36.9 Å². The number of carbonyl (C=O) groups is 3. The lowest BCUT2D eigenvalue weighted by molar-refractivity contribution is -0.135. The van der Waals surface area contributed by atoms with Crippen LogP contribution >= 0.6 is 0 Å². The average Bonchev–Trinajstić information content (AvgIpc) is 2.75. The van der Waals surface area contributed by atoms with Gasteiger partial charge in [-0.3, -0.25) is 19.3 Å². The van der Waals surface area contributed by atoms with Gasteiger partial charge in [-0.2, -0.15) is 0 Å². The van der Waals surface area contributed by atoms with Crippen molar-refractivity contribution in [2.45, 2.75) is 13.8 Å². The largest absolute Gasteiger partial charge is 0.484 e. The van der Waals surface area contributed by atoms with E-state index in [4.69, 9.17) is 4.74 Å². The molecule has 0 unspecified atom stereocenters. The molecular formula is C23H27N3O4. The van der Waals surface area contributed by atoms with Crippen molar-refractivity contribution in [3.8, 4) is 5.75 Å². The number of rotatable bonds is 7. The Kier molecular flexibility index (Phi) is 7.19. The topological polar surface area (TPSA) is 79.0 Å². The van der Waals surface area contributed by atoms with Crippen molar-refractivity contribution in [3.63, 3.8) is 0 Å². The lowest BCUT2D eigenvalue weighted by Gasteiger charge is -2.34. The minimum absolute atomic E-state index is 0.0470. The van der Waals surface area contributed by atoms with E-state index in [9.17, 15) is 14.4 Å². The van der Waals surface area contributed by atoms with E-state index in [0.29, 0.717) is 44.0 Å². The highest BCUT2D eigenvalue weighted by atomic mass is 16.5. The third-order valence-corrected chi connectivity index (χ3v) is 5.22. The minimum Gasteiger partial charge on any atom is -0.484 e. The zero-order valence-corrected chi connectivity index (χ0v) is 17.4. The van der Waals surface area contributed by atoms with Crippen LogP contribution in [0.4, 0.5) is 5.69 Å². The number of hydrogen-bond acceptors (Lipinski definition) is 5. The van der Waals surface area contributed by atoms with Gasteiger partial charge >= 0.3 is 0 Å². The summed E-state index contributed by atoms with van der Waals surface area (Å²) in [4.78, 5) is 39.3. The van der Waals surface area contributed by atoms with E-state index in [-0.39, 0.29) is 18.4 Å². The summed E-state index contributed by atoms with van der Waals surface area (Å²) in [5.41, 5.74) is 3.51. The van der Waals surface area contributed by atoms with Gasteiger partial charge in [0.2, 0.25) is 5.91 Å². The smallest absolute Gasteiger partial charge is 0.260 e. The zero-order valence-electron chi connectivity index (χ0n) is 17.4. The van der Waals surface area contributed by atoms with E-state index >= 15 is 0 Å². The van der Waals surface area contributed by atoms with Crippen molar-refractivity contribution in [1.29, 1.82) is 0 Å². The quantitative estimate of drug-likeness (QED) is 0.710. The zero-order chi connectivity index (χ0) is 21.5. The number of nitrogens with one attached hydrogen (secondary N) is 1. The molecule has 0 saturated carbocycles. The average molecular weight is 409 g/mol. The van der Waals surface area contributed by atoms with Crippen molar-refractivity contribution in [3.05, 3.63) is 59.2 Å². The molecule has 1 aliphatic rings. The SMILES string of the molecule is Cc1cccc(C)c1NC(=O)CN1CCN(C(=O)COc2ccc(C=O)cc2)CC1. The highest BCUT2D eigenvalue weighted by Crippen LogP contribution is 2.19. The van der Waals surface area contributed by atoms with Crippen LogP contribution < -0.4 is 10.1 Å². The second-order valence-electron chi connectivity index (χ2n) is 7.45. The summed E-state index contributed by atoms with van der Waals surface area (Å²) >= 11 is 0. The first-order valence-electron chi connectivity index (χ1n) is 10.0. The van der Waals surface area contributed by atoms with Gasteiger partial charge in [0, 0.05) is 37.4 Å². The number of nitrogens with zero attached hydrogens (tertiary/aromatic N) is 2. The Morgan fingerprint density at radius 2 is 1.63 bits per heavy atom. The predicted molar refractivity (Wildman–Crippen MR) is 115 cm³/mol. The summed E-state index contributed by atoms with van der Waals surface area (Å²) in [5, 5.41) is 3.00. The maximum Gasteiger partial charge on any atom is 0.260 e. The van der Waals surface area contributed by atoms with Crippen LogP contribution in [0, 0.1) is 13.8 Å². The molecule has 0 aromatic heterocycles. The summed E-state index contributed by atoms with van der Waals surface area (Å²) in [6, 6.07) is 12.6. The Balaban J connectivity index is 1.42. The van der Waals surface area contributed by atoms with E-state index < -0.39 is 0 Å². The second-order valence-corrected chi connectivity index (χ2v) is 7.45. The number of benzene rings is 2. The molecule has 7 nitrogen and oxygen atoms in total. The molecule has 1 fully saturated rings. The highest BCUT2D eigenvalue weighted by Gasteiger charge is 2.23. The maximum absolute atomic E-state index is 12.4. The van der Waals surface area contributed by atoms with Gasteiger partial charge in [-0.05, 0) is 49.2 Å². The molecule has 3 rings (SSSR count). The number of aldehydes is 1. The van der Waals surface area contributed by atoms with Crippen molar-refractivity contribution in [2.75, 3.05) is 44.6 Å². The molecule has 2 aromatic rings. The number of piperazine rings is 1. The monoisotopic (exact) mass is 409 g/mol. The van der Waals surface area contributed by atoms with Gasteiger partial charge in [-0.15, -0.1) is 0 Å². The number of aryl methyl sites for hydroxylation is 2. The van der Waals surface area contributed by atoms with E-state index in [2.05, 4.69) is 5.32 Å². The summed E-state index contributed by atoms with van der Waals surface area (Å²) in [6.45, 7) is 6.60. The first kappa shape index (κ1) is 21.5. The number of para-hydroxylation sites is 1. The van der Waals surface area contributed by atoms with Gasteiger partial charge in [0.05, 0.1) is 6.54 Å². The van der Waals surface area contributed by atoms with Gasteiger partial charge in [-0.25, -0.2) is 0 Å². The van der Waals surface area contributed by atoms with Gasteiger partial charge in [0.1, 0.15) is 12.0 Å². The molecule has 0 radical (unpaired) electrons. The molecule has 1 N–H and O–H groups in total. The summed E-state index contributed by atoms with van der Waals surface area (Å²) < 4.78 is 5.52. The Morgan fingerprint density at radius 3 is 2.23 bits per heavy atom. The fourth-order valence-corrected chi connectivity index (χ4v) is 3.43. The van der Waals surface area contributed by atoms with Crippen LogP contribution in [0.2, 0.25) is 0 Å². The maximum atomic E-state index is 12.4. The van der Waals surface area contributed by atoms with Crippen LogP contribution in [0.3, 0.4) is 0 Å². The van der Waals surface area contributed by atoms with Gasteiger partial charge in [-0.1, -0.05) is 18.2 Å². The Labute approximate surface area is 176 Å². The number of carbonyl (C=O) groups excluding carboxylic acids is 3. The lowest BCUT2D eigenvalue weighted by Crippen LogP contribution is -2.51. The fraction of sp³-hybridized carbons (Fsp3) is 0.348. The Hall–Kier alpha value is -3.19. The highest BCUT2D eigenvalue weighted by molar-refractivity contribution is 5.93. The number of anilines is 1. The first-order valence-corrected chi connectivity index (χ1v) is 10.0. The number of hydrogen-bond donors (Lipinski definition) is 1. The summed E-state index contributed by atoms with van der Waals surface area (Å²) in [6.07, 6.45) is 0.761. The van der Waals surface area contributed by atoms with Crippen LogP contribution in [0.1, 0.15) is 21.5 Å². The normalized spacial score (nSPS) is 14.3. The van der Waals surface area contributed by atoms with Crippen molar-refractivity contribution in [2.24, 2.45) is 0 Å². The van der Waals surface area contributed by atoms with Crippen LogP contribution in [-0.2, 0) is 9.59 Å². The summed E-state index contributed by atoms with van der Waals surface area (Å²) in [5.74, 6) is 0.416. The fourth-order valence-electron chi connectivity index (χ4n) is 3.43. The minimum atomic E-state index is -0.0888. The van der Waals surface area contributed by atoms with Gasteiger partial charge in [0.25, 0.3) is 5.91 Å². The molecule has 1 saturated heterocycles. The van der Waals surface area contributed by atoms with E-state index in [1.54, 1.807) is 29.2 Å². The Bertz CT molecular complexity index is 883. The molecular weight excluding hydrogens is 382 g/mol. The standard InChI is InChI=1S/C23H27N3O4/c1-17-4-3-5-18(2)23(17)24-21(28)14-25-10-12-26(13-11-25)22(29)16-30-20-8-6-19(15-27)7-9-20/h3-9,15H,10-14,16H2,1-2H3,(H,24,28). The predicted octanol–water partition coefficient (Wildman–Crippen LogP) is 2.28. The molecule has 0 spiro atoms.